The van der Waals surface area contributed by atoms with E-state index in [4.69, 9.17) is 15.2 Å². The zero-order valence-electron chi connectivity index (χ0n) is 20.1. The maximum Gasteiger partial charge on any atom is 0.226 e. The van der Waals surface area contributed by atoms with Gasteiger partial charge in [0.1, 0.15) is 12.4 Å². The summed E-state index contributed by atoms with van der Waals surface area (Å²) >= 11 is 0. The van der Waals surface area contributed by atoms with E-state index in [2.05, 4.69) is 31.3 Å². The molecule has 2 bridgehead atoms. The van der Waals surface area contributed by atoms with Gasteiger partial charge in [0.05, 0.1) is 6.33 Å². The van der Waals surface area contributed by atoms with Crippen LogP contribution in [0.4, 0.5) is 4.39 Å². The van der Waals surface area contributed by atoms with Gasteiger partial charge in [-0.05, 0) is 94.2 Å². The van der Waals surface area contributed by atoms with Gasteiger partial charge in [0.25, 0.3) is 0 Å². The van der Waals surface area contributed by atoms with E-state index < -0.39 is 0 Å². The third-order valence-electron chi connectivity index (χ3n) is 8.71. The van der Waals surface area contributed by atoms with E-state index in [9.17, 15) is 9.18 Å². The van der Waals surface area contributed by atoms with Crippen LogP contribution in [0.2, 0.25) is 0 Å². The van der Waals surface area contributed by atoms with Crippen molar-refractivity contribution in [2.75, 3.05) is 26.4 Å². The lowest BCUT2D eigenvalue weighted by Gasteiger charge is -2.53. The molecule has 1 heterocycles. The van der Waals surface area contributed by atoms with Crippen LogP contribution in [0.3, 0.4) is 0 Å². The van der Waals surface area contributed by atoms with Crippen molar-refractivity contribution in [2.45, 2.75) is 76.2 Å². The fourth-order valence-corrected chi connectivity index (χ4v) is 6.12. The molecule has 3 aliphatic carbocycles. The van der Waals surface area contributed by atoms with Crippen molar-refractivity contribution in [3.05, 3.63) is 41.7 Å². The summed E-state index contributed by atoms with van der Waals surface area (Å²) in [5, 5.41) is 3.45. The molecule has 1 amide bonds. The molecule has 5 rings (SSSR count). The third kappa shape index (κ3) is 4.97. The summed E-state index contributed by atoms with van der Waals surface area (Å²) in [6.45, 7) is 6.26. The number of carbonyl (C=O) groups excluding carboxylic acids is 1. The molecule has 1 aromatic rings. The second-order valence-electron chi connectivity index (χ2n) is 10.9. The number of nitrogens with one attached hydrogen (secondary N) is 1. The van der Waals surface area contributed by atoms with Gasteiger partial charge in [0.2, 0.25) is 5.91 Å². The molecule has 1 aliphatic heterocycles. The van der Waals surface area contributed by atoms with E-state index in [0.29, 0.717) is 17.8 Å². The number of ether oxygens (including phenoxy) is 2. The van der Waals surface area contributed by atoms with Crippen LogP contribution in [-0.2, 0) is 14.9 Å². The number of carbonyl (C=O) groups is 1. The van der Waals surface area contributed by atoms with E-state index in [1.165, 1.54) is 5.56 Å². The zero-order valence-corrected chi connectivity index (χ0v) is 20.1. The number of hydrogen-bond acceptors (Lipinski definition) is 4. The lowest BCUT2D eigenvalue weighted by Crippen LogP contribution is -2.58. The molecule has 1 saturated heterocycles. The van der Waals surface area contributed by atoms with E-state index in [1.807, 2.05) is 12.1 Å². The summed E-state index contributed by atoms with van der Waals surface area (Å²) in [4.78, 5) is 13.5. The lowest BCUT2D eigenvalue weighted by molar-refractivity contribution is -0.140. The molecule has 0 radical (unpaired) electrons. The smallest absolute Gasteiger partial charge is 0.226 e. The first kappa shape index (κ1) is 24.2. The number of halogens is 1. The fourth-order valence-electron chi connectivity index (χ4n) is 6.12. The van der Waals surface area contributed by atoms with Gasteiger partial charge in [-0.1, -0.05) is 12.1 Å². The average Bonchev–Trinajstić information content (AvgIpc) is 2.86. The average molecular weight is 459 g/mol. The highest BCUT2D eigenvalue weighted by atomic mass is 19.1. The molecule has 0 spiro atoms. The molecular formula is C27H39FN2O3. The Balaban J connectivity index is 1.37. The summed E-state index contributed by atoms with van der Waals surface area (Å²) in [7, 11) is 0. The normalized spacial score (nSPS) is 28.5. The molecule has 0 atom stereocenters. The Kier molecular flexibility index (Phi) is 7.15. The summed E-state index contributed by atoms with van der Waals surface area (Å²) in [6.07, 6.45) is 8.51. The van der Waals surface area contributed by atoms with Crippen LogP contribution < -0.4 is 15.8 Å². The van der Waals surface area contributed by atoms with Gasteiger partial charge in [-0.2, -0.15) is 0 Å². The Morgan fingerprint density at radius 2 is 1.76 bits per heavy atom. The maximum absolute atomic E-state index is 13.5. The second-order valence-corrected chi connectivity index (χ2v) is 10.9. The molecule has 6 heteroatoms. The minimum atomic E-state index is -0.218. The molecule has 5 nitrogen and oxygen atoms in total. The van der Waals surface area contributed by atoms with Crippen LogP contribution in [0.1, 0.15) is 70.8 Å². The lowest BCUT2D eigenvalue weighted by atomic mass is 9.51. The Labute approximate surface area is 197 Å². The van der Waals surface area contributed by atoms with Crippen LogP contribution in [0, 0.1) is 11.3 Å². The van der Waals surface area contributed by atoms with Crippen molar-refractivity contribution < 1.29 is 18.7 Å². The van der Waals surface area contributed by atoms with E-state index in [0.717, 1.165) is 70.3 Å². The summed E-state index contributed by atoms with van der Waals surface area (Å²) in [5.74, 6) is 1.45. The fraction of sp³-hybridized carbons (Fsp3) is 0.667. The SMILES string of the molecule is CC(C)(NC(=O)C12CCC(c3ccc(OC/C(=C/F)CN)cc3)(CC1)CC2)C1CCOCC1. The van der Waals surface area contributed by atoms with Gasteiger partial charge in [-0.15, -0.1) is 0 Å². The molecule has 3 saturated carbocycles. The van der Waals surface area contributed by atoms with Crippen LogP contribution >= 0.6 is 0 Å². The molecular weight excluding hydrogens is 419 g/mol. The number of benzene rings is 1. The van der Waals surface area contributed by atoms with Gasteiger partial charge in [-0.3, -0.25) is 4.79 Å². The van der Waals surface area contributed by atoms with Gasteiger partial charge in [0, 0.05) is 36.3 Å². The Bertz CT molecular complexity index is 834. The first-order valence-corrected chi connectivity index (χ1v) is 12.4. The van der Waals surface area contributed by atoms with Crippen LogP contribution in [0.5, 0.6) is 5.75 Å². The standard InChI is InChI=1S/C27H39FN2O3/c1-25(2,21-7-15-32-16-8-21)30-24(31)27-12-9-26(10-13-27,11-14-27)22-3-5-23(6-4-22)33-19-20(17-28)18-29/h3-6,17,21H,7-16,18-19,29H2,1-2H3,(H,30,31)/b20-17+. The summed E-state index contributed by atoms with van der Waals surface area (Å²) in [5.41, 5.74) is 6.99. The van der Waals surface area contributed by atoms with Crippen molar-refractivity contribution in [1.82, 2.24) is 5.32 Å². The number of rotatable bonds is 8. The molecule has 0 unspecified atom stereocenters. The Hall–Kier alpha value is -1.92. The Morgan fingerprint density at radius 3 is 2.30 bits per heavy atom. The first-order chi connectivity index (χ1) is 15.8. The highest BCUT2D eigenvalue weighted by Gasteiger charge is 2.53. The number of hydrogen-bond donors (Lipinski definition) is 2. The van der Waals surface area contributed by atoms with Crippen molar-refractivity contribution in [3.63, 3.8) is 0 Å². The summed E-state index contributed by atoms with van der Waals surface area (Å²) in [6, 6.07) is 8.22. The van der Waals surface area contributed by atoms with E-state index in [-0.39, 0.29) is 35.4 Å². The Morgan fingerprint density at radius 1 is 1.15 bits per heavy atom. The largest absolute Gasteiger partial charge is 0.489 e. The highest BCUT2D eigenvalue weighted by molar-refractivity contribution is 5.84. The molecule has 182 valence electrons. The minimum absolute atomic E-state index is 0.151. The second kappa shape index (κ2) is 9.75. The quantitative estimate of drug-likeness (QED) is 0.587. The first-order valence-electron chi connectivity index (χ1n) is 12.4. The van der Waals surface area contributed by atoms with Crippen LogP contribution in [0.15, 0.2) is 36.2 Å². The van der Waals surface area contributed by atoms with Crippen LogP contribution in [0.25, 0.3) is 0 Å². The number of amides is 1. The molecule has 33 heavy (non-hydrogen) atoms. The third-order valence-corrected chi connectivity index (χ3v) is 8.71. The number of fused-ring (bicyclic) bond motifs is 3. The predicted octanol–water partition coefficient (Wildman–Crippen LogP) is 4.79. The molecule has 1 aromatic carbocycles. The van der Waals surface area contributed by atoms with Crippen molar-refractivity contribution >= 4 is 5.91 Å². The topological polar surface area (TPSA) is 73.6 Å². The van der Waals surface area contributed by atoms with Gasteiger partial charge in [-0.25, -0.2) is 4.39 Å². The van der Waals surface area contributed by atoms with Crippen molar-refractivity contribution in [3.8, 4) is 5.75 Å². The van der Waals surface area contributed by atoms with Gasteiger partial charge >= 0.3 is 0 Å². The maximum atomic E-state index is 13.5. The monoisotopic (exact) mass is 458 g/mol. The van der Waals surface area contributed by atoms with E-state index >= 15 is 0 Å². The zero-order chi connectivity index (χ0) is 23.5. The minimum Gasteiger partial charge on any atom is -0.489 e. The van der Waals surface area contributed by atoms with Crippen LogP contribution in [-0.4, -0.2) is 37.8 Å². The van der Waals surface area contributed by atoms with Crippen molar-refractivity contribution in [2.24, 2.45) is 17.1 Å². The predicted molar refractivity (Wildman–Crippen MR) is 128 cm³/mol. The highest BCUT2D eigenvalue weighted by Crippen LogP contribution is 2.58. The summed E-state index contributed by atoms with van der Waals surface area (Å²) < 4.78 is 23.9. The molecule has 4 aliphatic rings. The van der Waals surface area contributed by atoms with E-state index in [1.54, 1.807) is 0 Å². The molecule has 4 fully saturated rings. The molecule has 0 aromatic heterocycles. The van der Waals surface area contributed by atoms with Gasteiger partial charge in [0.15, 0.2) is 0 Å². The van der Waals surface area contributed by atoms with Crippen molar-refractivity contribution in [1.29, 1.82) is 0 Å². The molecule has 3 N–H and O–H groups in total. The number of nitrogens with two attached hydrogens (primary N) is 1. The van der Waals surface area contributed by atoms with Gasteiger partial charge < -0.3 is 20.5 Å².